The number of allylic oxidation sites excluding steroid dienone is 4. The van der Waals surface area contributed by atoms with Crippen molar-refractivity contribution in [1.82, 2.24) is 20.4 Å². The molecule has 178 valence electrons. The number of aryl methyl sites for hydroxylation is 1. The summed E-state index contributed by atoms with van der Waals surface area (Å²) in [7, 11) is 0. The van der Waals surface area contributed by atoms with E-state index in [9.17, 15) is 4.79 Å². The van der Waals surface area contributed by atoms with Crippen LogP contribution in [0.15, 0.2) is 39.6 Å². The van der Waals surface area contributed by atoms with Crippen LogP contribution in [0.2, 0.25) is 0 Å². The van der Waals surface area contributed by atoms with E-state index < -0.39 is 0 Å². The van der Waals surface area contributed by atoms with Crippen molar-refractivity contribution in [2.24, 2.45) is 0 Å². The molecule has 8 heteroatoms. The molecule has 2 N–H and O–H groups in total. The number of nitrogens with zero attached hydrogens (tertiary/aromatic N) is 3. The predicted octanol–water partition coefficient (Wildman–Crippen LogP) is 4.26. The van der Waals surface area contributed by atoms with Crippen molar-refractivity contribution >= 4 is 5.91 Å². The monoisotopic (exact) mass is 454 g/mol. The Kier molecular flexibility index (Phi) is 8.38. The number of rotatable bonds is 10. The van der Waals surface area contributed by atoms with Crippen LogP contribution in [0, 0.1) is 6.92 Å². The maximum absolute atomic E-state index is 12.0. The molecule has 0 bridgehead atoms. The van der Waals surface area contributed by atoms with Crippen molar-refractivity contribution in [3.05, 3.63) is 46.4 Å². The maximum Gasteiger partial charge on any atom is 0.259 e. The average molecular weight is 455 g/mol. The Morgan fingerprint density at radius 3 is 2.82 bits per heavy atom. The van der Waals surface area contributed by atoms with Crippen molar-refractivity contribution in [2.45, 2.75) is 72.3 Å². The van der Waals surface area contributed by atoms with E-state index in [1.54, 1.807) is 6.20 Å². The number of carbonyl (C=O) groups excluding carboxylic acids is 1. The molecule has 2 heterocycles. The Balaban J connectivity index is 1.73. The molecule has 3 rings (SSSR count). The van der Waals surface area contributed by atoms with Crippen LogP contribution in [0.3, 0.4) is 0 Å². The minimum absolute atomic E-state index is 0.0296. The summed E-state index contributed by atoms with van der Waals surface area (Å²) in [5, 5.41) is 15.8. The second-order valence-corrected chi connectivity index (χ2v) is 8.66. The third-order valence-electron chi connectivity index (χ3n) is 5.65. The summed E-state index contributed by atoms with van der Waals surface area (Å²) in [6.07, 6.45) is 6.69. The first-order chi connectivity index (χ1) is 15.8. The van der Waals surface area contributed by atoms with Crippen LogP contribution in [-0.2, 0) is 4.79 Å². The van der Waals surface area contributed by atoms with Crippen molar-refractivity contribution in [3.63, 3.8) is 0 Å². The molecule has 2 aromatic rings. The highest BCUT2D eigenvalue weighted by Crippen LogP contribution is 2.37. The molecule has 1 unspecified atom stereocenters. The minimum Gasteiger partial charge on any atom is -0.475 e. The van der Waals surface area contributed by atoms with E-state index in [-0.39, 0.29) is 31.1 Å². The molecule has 0 aliphatic heterocycles. The van der Waals surface area contributed by atoms with E-state index in [0.29, 0.717) is 30.4 Å². The summed E-state index contributed by atoms with van der Waals surface area (Å²) in [4.78, 5) is 21.0. The molecule has 1 aliphatic carbocycles. The second kappa shape index (κ2) is 11.2. The number of nitrogens with one attached hydrogen (secondary N) is 1. The van der Waals surface area contributed by atoms with E-state index in [4.69, 9.17) is 14.4 Å². The van der Waals surface area contributed by atoms with Gasteiger partial charge in [0, 0.05) is 30.6 Å². The highest BCUT2D eigenvalue weighted by molar-refractivity contribution is 5.76. The molecule has 2 aromatic heterocycles. The summed E-state index contributed by atoms with van der Waals surface area (Å²) in [5.41, 5.74) is 5.38. The lowest BCUT2D eigenvalue weighted by Gasteiger charge is -2.24. The van der Waals surface area contributed by atoms with E-state index in [1.165, 1.54) is 16.7 Å². The van der Waals surface area contributed by atoms with Gasteiger partial charge < -0.3 is 19.7 Å². The molecule has 0 spiro atoms. The number of aromatic nitrogens is 3. The lowest BCUT2D eigenvalue weighted by molar-refractivity contribution is -0.121. The molecular formula is C25H34N4O4. The van der Waals surface area contributed by atoms with Crippen LogP contribution >= 0.6 is 0 Å². The largest absolute Gasteiger partial charge is 0.475 e. The summed E-state index contributed by atoms with van der Waals surface area (Å²) >= 11 is 0. The molecule has 33 heavy (non-hydrogen) atoms. The quantitative estimate of drug-likeness (QED) is 0.552. The van der Waals surface area contributed by atoms with Gasteiger partial charge in [0.15, 0.2) is 5.82 Å². The van der Waals surface area contributed by atoms with Gasteiger partial charge in [0.25, 0.3) is 5.89 Å². The number of aliphatic hydroxyl groups excluding tert-OH is 1. The molecule has 1 aliphatic rings. The van der Waals surface area contributed by atoms with Gasteiger partial charge in [-0.25, -0.2) is 4.98 Å². The van der Waals surface area contributed by atoms with E-state index in [2.05, 4.69) is 40.4 Å². The molecule has 1 atom stereocenters. The SMILES string of the molecule is CCC1=CC(c2noc(-c3cnc(OC(C)C)c(C)c3)n2)CC(C)=C1CCC(=O)NCCO. The highest BCUT2D eigenvalue weighted by Gasteiger charge is 2.25. The molecule has 0 saturated carbocycles. The van der Waals surface area contributed by atoms with Crippen LogP contribution in [0.1, 0.15) is 70.7 Å². The molecule has 0 saturated heterocycles. The zero-order valence-corrected chi connectivity index (χ0v) is 20.1. The van der Waals surface area contributed by atoms with Gasteiger partial charge in [0.2, 0.25) is 11.8 Å². The molecule has 1 amide bonds. The van der Waals surface area contributed by atoms with Crippen molar-refractivity contribution < 1.29 is 19.2 Å². The van der Waals surface area contributed by atoms with Crippen LogP contribution in [0.25, 0.3) is 11.5 Å². The summed E-state index contributed by atoms with van der Waals surface area (Å²) < 4.78 is 11.3. The lowest BCUT2D eigenvalue weighted by atomic mass is 9.82. The average Bonchev–Trinajstić information content (AvgIpc) is 3.27. The lowest BCUT2D eigenvalue weighted by Crippen LogP contribution is -2.26. The first-order valence-electron chi connectivity index (χ1n) is 11.6. The first-order valence-corrected chi connectivity index (χ1v) is 11.6. The van der Waals surface area contributed by atoms with Gasteiger partial charge in [0.05, 0.1) is 18.3 Å². The zero-order valence-electron chi connectivity index (χ0n) is 20.1. The fraction of sp³-hybridized carbons (Fsp3) is 0.520. The molecule has 0 fully saturated rings. The summed E-state index contributed by atoms with van der Waals surface area (Å²) in [5.74, 6) is 1.68. The Morgan fingerprint density at radius 1 is 1.36 bits per heavy atom. The molecule has 0 aromatic carbocycles. The zero-order chi connectivity index (χ0) is 24.0. The number of carbonyl (C=O) groups is 1. The summed E-state index contributed by atoms with van der Waals surface area (Å²) in [6.45, 7) is 10.3. The van der Waals surface area contributed by atoms with Crippen LogP contribution in [-0.4, -0.2) is 45.4 Å². The van der Waals surface area contributed by atoms with Gasteiger partial charge in [-0.15, -0.1) is 0 Å². The van der Waals surface area contributed by atoms with E-state index >= 15 is 0 Å². The predicted molar refractivity (Wildman–Crippen MR) is 126 cm³/mol. The number of amides is 1. The van der Waals surface area contributed by atoms with Gasteiger partial charge in [-0.05, 0) is 64.2 Å². The van der Waals surface area contributed by atoms with Crippen molar-refractivity contribution in [3.8, 4) is 17.3 Å². The normalized spacial score (nSPS) is 16.2. The maximum atomic E-state index is 12.0. The van der Waals surface area contributed by atoms with E-state index in [1.807, 2.05) is 26.8 Å². The summed E-state index contributed by atoms with van der Waals surface area (Å²) in [6, 6.07) is 1.95. The first kappa shape index (κ1) is 24.6. The fourth-order valence-corrected chi connectivity index (χ4v) is 4.05. The molecule has 8 nitrogen and oxygen atoms in total. The van der Waals surface area contributed by atoms with Gasteiger partial charge in [0.1, 0.15) is 0 Å². The van der Waals surface area contributed by atoms with Gasteiger partial charge in [-0.1, -0.05) is 23.7 Å². The Bertz CT molecular complexity index is 1040. The van der Waals surface area contributed by atoms with Crippen molar-refractivity contribution in [1.29, 1.82) is 0 Å². The second-order valence-electron chi connectivity index (χ2n) is 8.66. The topological polar surface area (TPSA) is 110 Å². The number of hydrogen-bond acceptors (Lipinski definition) is 7. The van der Waals surface area contributed by atoms with Crippen molar-refractivity contribution in [2.75, 3.05) is 13.2 Å². The van der Waals surface area contributed by atoms with Crippen LogP contribution in [0.4, 0.5) is 0 Å². The Hall–Kier alpha value is -3.00. The minimum atomic E-state index is -0.0482. The Labute approximate surface area is 195 Å². The molecular weight excluding hydrogens is 420 g/mol. The van der Waals surface area contributed by atoms with Gasteiger partial charge >= 0.3 is 0 Å². The smallest absolute Gasteiger partial charge is 0.259 e. The highest BCUT2D eigenvalue weighted by atomic mass is 16.5. The van der Waals surface area contributed by atoms with E-state index in [0.717, 1.165) is 24.0 Å². The number of hydrogen-bond donors (Lipinski definition) is 2. The third kappa shape index (κ3) is 6.28. The number of ether oxygens (including phenoxy) is 1. The molecule has 0 radical (unpaired) electrons. The third-order valence-corrected chi connectivity index (χ3v) is 5.65. The Morgan fingerprint density at radius 2 is 2.15 bits per heavy atom. The van der Waals surface area contributed by atoms with Crippen LogP contribution in [0.5, 0.6) is 5.88 Å². The van der Waals surface area contributed by atoms with Crippen LogP contribution < -0.4 is 10.1 Å². The standard InChI is InChI=1S/C25H34N4O4/c1-6-18-13-19(11-16(4)21(18)7-8-22(31)26-9-10-30)23-28-25(33-29-23)20-12-17(5)24(27-14-20)32-15(2)3/h12-15,19,30H,6-11H2,1-5H3,(H,26,31). The van der Waals surface area contributed by atoms with Gasteiger partial charge in [-0.3, -0.25) is 4.79 Å². The fourth-order valence-electron chi connectivity index (χ4n) is 4.05. The number of pyridine rings is 1. The number of aliphatic hydroxyl groups is 1. The van der Waals surface area contributed by atoms with Gasteiger partial charge in [-0.2, -0.15) is 4.98 Å².